The van der Waals surface area contributed by atoms with Crippen LogP contribution in [-0.4, -0.2) is 43.6 Å². The van der Waals surface area contributed by atoms with Crippen molar-refractivity contribution in [2.24, 2.45) is 0 Å². The van der Waals surface area contributed by atoms with Gasteiger partial charge in [-0.05, 0) is 24.1 Å². The number of ether oxygens (including phenoxy) is 1. The number of hydrogen-bond donors (Lipinski definition) is 2. The summed E-state index contributed by atoms with van der Waals surface area (Å²) in [6.45, 7) is 2.27. The minimum Gasteiger partial charge on any atom is -0.442 e. The summed E-state index contributed by atoms with van der Waals surface area (Å²) in [5.74, 6) is -0.690. The van der Waals surface area contributed by atoms with Crippen LogP contribution in [0.5, 0.6) is 0 Å². The highest BCUT2D eigenvalue weighted by Crippen LogP contribution is 2.30. The van der Waals surface area contributed by atoms with Crippen LogP contribution in [0, 0.1) is 5.82 Å². The highest BCUT2D eigenvalue weighted by Gasteiger charge is 2.33. The first-order valence-corrected chi connectivity index (χ1v) is 8.22. The summed E-state index contributed by atoms with van der Waals surface area (Å²) in [5.41, 5.74) is 0.947. The Labute approximate surface area is 144 Å². The Kier molecular flexibility index (Phi) is 4.87. The molecule has 0 aromatic heterocycles. The molecule has 2 atom stereocenters. The third-order valence-electron chi connectivity index (χ3n) is 4.45. The van der Waals surface area contributed by atoms with Crippen molar-refractivity contribution in [1.29, 1.82) is 0 Å². The molecule has 3 rings (SSSR count). The normalized spacial score (nSPS) is 23.2. The molecule has 2 heterocycles. The molecule has 2 N–H and O–H groups in total. The van der Waals surface area contributed by atoms with Crippen molar-refractivity contribution in [3.8, 4) is 0 Å². The van der Waals surface area contributed by atoms with Gasteiger partial charge in [-0.3, -0.25) is 14.5 Å². The van der Waals surface area contributed by atoms with Gasteiger partial charge in [-0.25, -0.2) is 9.18 Å². The third kappa shape index (κ3) is 3.89. The Balaban J connectivity index is 1.69. The van der Waals surface area contributed by atoms with Crippen molar-refractivity contribution >= 4 is 23.6 Å². The van der Waals surface area contributed by atoms with E-state index in [1.54, 1.807) is 12.1 Å². The van der Waals surface area contributed by atoms with Crippen LogP contribution in [0.1, 0.15) is 31.2 Å². The summed E-state index contributed by atoms with van der Waals surface area (Å²) in [4.78, 5) is 35.5. The summed E-state index contributed by atoms with van der Waals surface area (Å²) in [5, 5.41) is 5.33. The second-order valence-corrected chi connectivity index (χ2v) is 6.30. The Morgan fingerprint density at radius 1 is 1.44 bits per heavy atom. The predicted molar refractivity (Wildman–Crippen MR) is 87.7 cm³/mol. The summed E-state index contributed by atoms with van der Waals surface area (Å²) >= 11 is 0. The average Bonchev–Trinajstić information content (AvgIpc) is 2.95. The number of nitrogens with one attached hydrogen (secondary N) is 2. The summed E-state index contributed by atoms with van der Waals surface area (Å²) in [7, 11) is 0. The maximum atomic E-state index is 14.5. The van der Waals surface area contributed by atoms with Crippen LogP contribution in [0.2, 0.25) is 0 Å². The zero-order chi connectivity index (χ0) is 18.0. The van der Waals surface area contributed by atoms with Gasteiger partial charge in [-0.15, -0.1) is 0 Å². The summed E-state index contributed by atoms with van der Waals surface area (Å²) in [6, 6.07) is 4.64. The van der Waals surface area contributed by atoms with Gasteiger partial charge >= 0.3 is 6.09 Å². The second-order valence-electron chi connectivity index (χ2n) is 6.30. The fourth-order valence-corrected chi connectivity index (χ4v) is 3.11. The maximum absolute atomic E-state index is 14.5. The summed E-state index contributed by atoms with van der Waals surface area (Å²) in [6.07, 6.45) is -0.0398. The Bertz CT molecular complexity index is 699. The lowest BCUT2D eigenvalue weighted by atomic mass is 9.91. The van der Waals surface area contributed by atoms with Gasteiger partial charge < -0.3 is 15.4 Å². The Morgan fingerprint density at radius 2 is 2.24 bits per heavy atom. The number of anilines is 1. The molecule has 0 aliphatic carbocycles. The minimum absolute atomic E-state index is 0.0155. The van der Waals surface area contributed by atoms with E-state index in [0.29, 0.717) is 30.6 Å². The quantitative estimate of drug-likeness (QED) is 0.857. The topological polar surface area (TPSA) is 87.7 Å². The molecule has 0 bridgehead atoms. The molecule has 2 saturated heterocycles. The molecule has 2 aliphatic heterocycles. The lowest BCUT2D eigenvalue weighted by Gasteiger charge is -2.24. The first-order chi connectivity index (χ1) is 11.9. The number of piperidine rings is 1. The van der Waals surface area contributed by atoms with Crippen molar-refractivity contribution < 1.29 is 23.5 Å². The molecule has 1 unspecified atom stereocenters. The van der Waals surface area contributed by atoms with E-state index < -0.39 is 18.0 Å². The number of rotatable bonds is 4. The number of amides is 3. The van der Waals surface area contributed by atoms with Crippen molar-refractivity contribution in [1.82, 2.24) is 10.6 Å². The predicted octanol–water partition coefficient (Wildman–Crippen LogP) is 1.28. The van der Waals surface area contributed by atoms with E-state index in [9.17, 15) is 18.8 Å². The van der Waals surface area contributed by atoms with Crippen molar-refractivity contribution in [2.45, 2.75) is 31.8 Å². The number of benzene rings is 1. The van der Waals surface area contributed by atoms with Crippen LogP contribution in [-0.2, 0) is 14.3 Å². The van der Waals surface area contributed by atoms with Gasteiger partial charge in [-0.1, -0.05) is 6.07 Å². The molecule has 25 heavy (non-hydrogen) atoms. The smallest absolute Gasteiger partial charge is 0.414 e. The van der Waals surface area contributed by atoms with E-state index >= 15 is 0 Å². The molecule has 0 radical (unpaired) electrons. The monoisotopic (exact) mass is 349 g/mol. The SMILES string of the molecule is CC(=O)NC[C@H]1CN(c2ccc(C3CCC(=O)NC3)c(F)c2)C(=O)O1. The average molecular weight is 349 g/mol. The van der Waals surface area contributed by atoms with Gasteiger partial charge in [0.2, 0.25) is 11.8 Å². The van der Waals surface area contributed by atoms with Crippen LogP contribution in [0.4, 0.5) is 14.9 Å². The molecule has 7 nitrogen and oxygen atoms in total. The van der Waals surface area contributed by atoms with Crippen LogP contribution < -0.4 is 15.5 Å². The van der Waals surface area contributed by atoms with Crippen molar-refractivity contribution in [3.05, 3.63) is 29.6 Å². The molecule has 0 saturated carbocycles. The first-order valence-electron chi connectivity index (χ1n) is 8.22. The fraction of sp³-hybridized carbons (Fsp3) is 0.471. The molecule has 1 aromatic carbocycles. The summed E-state index contributed by atoms with van der Waals surface area (Å²) < 4.78 is 19.7. The maximum Gasteiger partial charge on any atom is 0.414 e. The van der Waals surface area contributed by atoms with Gasteiger partial charge in [0.1, 0.15) is 11.9 Å². The van der Waals surface area contributed by atoms with E-state index in [0.717, 1.165) is 0 Å². The van der Waals surface area contributed by atoms with Gasteiger partial charge in [0, 0.05) is 25.8 Å². The van der Waals surface area contributed by atoms with Crippen molar-refractivity contribution in [2.75, 3.05) is 24.5 Å². The number of hydrogen-bond acceptors (Lipinski definition) is 4. The second kappa shape index (κ2) is 7.08. The van der Waals surface area contributed by atoms with Gasteiger partial charge in [0.25, 0.3) is 0 Å². The van der Waals surface area contributed by atoms with E-state index in [-0.39, 0.29) is 30.8 Å². The van der Waals surface area contributed by atoms with Crippen LogP contribution in [0.3, 0.4) is 0 Å². The molecular formula is C17H20FN3O4. The standard InChI is InChI=1S/C17H20FN3O4/c1-10(22)19-8-13-9-21(17(24)25-13)12-3-4-14(15(18)6-12)11-2-5-16(23)20-7-11/h3-4,6,11,13H,2,5,7-9H2,1H3,(H,19,22)(H,20,23)/t11?,13-/m0/s1. The molecular weight excluding hydrogens is 329 g/mol. The Hall–Kier alpha value is -2.64. The Morgan fingerprint density at radius 3 is 2.88 bits per heavy atom. The molecule has 0 spiro atoms. The lowest BCUT2D eigenvalue weighted by molar-refractivity contribution is -0.122. The highest BCUT2D eigenvalue weighted by atomic mass is 19.1. The zero-order valence-electron chi connectivity index (χ0n) is 13.9. The van der Waals surface area contributed by atoms with Gasteiger partial charge in [-0.2, -0.15) is 0 Å². The lowest BCUT2D eigenvalue weighted by Crippen LogP contribution is -2.34. The van der Waals surface area contributed by atoms with E-state index in [4.69, 9.17) is 4.74 Å². The van der Waals surface area contributed by atoms with Crippen LogP contribution in [0.15, 0.2) is 18.2 Å². The number of nitrogens with zero attached hydrogens (tertiary/aromatic N) is 1. The minimum atomic E-state index is -0.563. The van der Waals surface area contributed by atoms with E-state index in [2.05, 4.69) is 10.6 Å². The third-order valence-corrected chi connectivity index (χ3v) is 4.45. The van der Waals surface area contributed by atoms with E-state index in [1.807, 2.05) is 0 Å². The number of carbonyl (C=O) groups excluding carboxylic acids is 3. The molecule has 3 amide bonds. The van der Waals surface area contributed by atoms with Crippen molar-refractivity contribution in [3.63, 3.8) is 0 Å². The van der Waals surface area contributed by atoms with E-state index in [1.165, 1.54) is 17.9 Å². The number of cyclic esters (lactones) is 1. The van der Waals surface area contributed by atoms with Gasteiger partial charge in [0.05, 0.1) is 18.8 Å². The number of halogens is 1. The van der Waals surface area contributed by atoms with Gasteiger partial charge in [0.15, 0.2) is 0 Å². The number of carbonyl (C=O) groups is 3. The zero-order valence-corrected chi connectivity index (χ0v) is 13.9. The molecule has 2 aliphatic rings. The first kappa shape index (κ1) is 17.2. The molecule has 1 aromatic rings. The van der Waals surface area contributed by atoms with Crippen LogP contribution >= 0.6 is 0 Å². The molecule has 134 valence electrons. The highest BCUT2D eigenvalue weighted by molar-refractivity contribution is 5.89. The molecule has 8 heteroatoms. The fourth-order valence-electron chi connectivity index (χ4n) is 3.11. The molecule has 2 fully saturated rings. The largest absolute Gasteiger partial charge is 0.442 e. The van der Waals surface area contributed by atoms with Crippen LogP contribution in [0.25, 0.3) is 0 Å².